The Hall–Kier alpha value is -1.27. The number of thioether (sulfide) groups is 1. The average molecular weight is 272 g/mol. The van der Waals surface area contributed by atoms with Crippen molar-refractivity contribution in [3.05, 3.63) is 35.1 Å². The first kappa shape index (κ1) is 14.8. The molecule has 0 aliphatic carbocycles. The van der Waals surface area contributed by atoms with Crippen LogP contribution in [0, 0.1) is 5.82 Å². The van der Waals surface area contributed by atoms with Gasteiger partial charge in [0.2, 0.25) is 0 Å². The molecule has 18 heavy (non-hydrogen) atoms. The normalized spacial score (nSPS) is 11.8. The van der Waals surface area contributed by atoms with Crippen LogP contribution in [0.1, 0.15) is 17.5 Å². The van der Waals surface area contributed by atoms with Crippen molar-refractivity contribution in [3.63, 3.8) is 0 Å². The number of halogens is 1. The summed E-state index contributed by atoms with van der Waals surface area (Å²) in [6.07, 6.45) is 0.933. The number of hydrogen-bond acceptors (Lipinski definition) is 4. The van der Waals surface area contributed by atoms with Gasteiger partial charge in [-0.15, -0.1) is 0 Å². The maximum atomic E-state index is 14.0. The summed E-state index contributed by atoms with van der Waals surface area (Å²) in [5.74, 6) is 0.828. The highest BCUT2D eigenvalue weighted by molar-refractivity contribution is 7.98. The standard InChI is InChI=1S/C12H17FN2O2S/c1-17-6-3-7-18-8-9-4-2-5-10(11(9)13)12(14)15-16/h2,4-5,16H,3,6-8H2,1H3,(H2,14,15). The van der Waals surface area contributed by atoms with Crippen molar-refractivity contribution >= 4 is 17.6 Å². The molecule has 0 saturated heterocycles. The quantitative estimate of drug-likeness (QED) is 0.262. The van der Waals surface area contributed by atoms with E-state index < -0.39 is 5.82 Å². The minimum atomic E-state index is -0.424. The number of ether oxygens (including phenoxy) is 1. The highest BCUT2D eigenvalue weighted by Gasteiger charge is 2.11. The lowest BCUT2D eigenvalue weighted by atomic mass is 10.1. The first-order valence-corrected chi connectivity index (χ1v) is 6.68. The van der Waals surface area contributed by atoms with Gasteiger partial charge in [-0.25, -0.2) is 4.39 Å². The van der Waals surface area contributed by atoms with Crippen molar-refractivity contribution in [3.8, 4) is 0 Å². The summed E-state index contributed by atoms with van der Waals surface area (Å²) in [5, 5.41) is 11.4. The fraction of sp³-hybridized carbons (Fsp3) is 0.417. The van der Waals surface area contributed by atoms with Crippen molar-refractivity contribution in [1.82, 2.24) is 0 Å². The summed E-state index contributed by atoms with van der Waals surface area (Å²) in [6, 6.07) is 4.89. The molecule has 0 heterocycles. The van der Waals surface area contributed by atoms with Crippen LogP contribution in [-0.2, 0) is 10.5 Å². The van der Waals surface area contributed by atoms with E-state index in [1.807, 2.05) is 0 Å². The molecule has 0 aromatic heterocycles. The second kappa shape index (κ2) is 7.94. The fourth-order valence-corrected chi connectivity index (χ4v) is 2.34. The maximum Gasteiger partial charge on any atom is 0.173 e. The van der Waals surface area contributed by atoms with Gasteiger partial charge in [-0.1, -0.05) is 17.3 Å². The zero-order valence-electron chi connectivity index (χ0n) is 10.2. The van der Waals surface area contributed by atoms with Crippen molar-refractivity contribution in [2.75, 3.05) is 19.5 Å². The molecular formula is C12H17FN2O2S. The van der Waals surface area contributed by atoms with E-state index in [0.717, 1.165) is 12.2 Å². The topological polar surface area (TPSA) is 67.8 Å². The molecule has 0 bridgehead atoms. The number of amidine groups is 1. The molecule has 0 amide bonds. The van der Waals surface area contributed by atoms with Crippen LogP contribution in [-0.4, -0.2) is 30.5 Å². The molecule has 1 aromatic carbocycles. The third-order valence-electron chi connectivity index (χ3n) is 2.36. The van der Waals surface area contributed by atoms with Crippen LogP contribution in [0.3, 0.4) is 0 Å². The van der Waals surface area contributed by atoms with Crippen LogP contribution in [0.4, 0.5) is 4.39 Å². The first-order chi connectivity index (χ1) is 8.70. The van der Waals surface area contributed by atoms with E-state index in [9.17, 15) is 4.39 Å². The monoisotopic (exact) mass is 272 g/mol. The van der Waals surface area contributed by atoms with E-state index in [1.165, 1.54) is 6.07 Å². The van der Waals surface area contributed by atoms with Crippen molar-refractivity contribution in [2.45, 2.75) is 12.2 Å². The molecule has 0 radical (unpaired) electrons. The lowest BCUT2D eigenvalue weighted by Gasteiger charge is -2.07. The summed E-state index contributed by atoms with van der Waals surface area (Å²) >= 11 is 1.63. The van der Waals surface area contributed by atoms with Gasteiger partial charge in [0.05, 0.1) is 5.56 Å². The maximum absolute atomic E-state index is 14.0. The second-order valence-electron chi connectivity index (χ2n) is 3.66. The Morgan fingerprint density at radius 1 is 1.56 bits per heavy atom. The highest BCUT2D eigenvalue weighted by atomic mass is 32.2. The van der Waals surface area contributed by atoms with Gasteiger partial charge in [-0.05, 0) is 23.8 Å². The van der Waals surface area contributed by atoms with Crippen molar-refractivity contribution in [1.29, 1.82) is 0 Å². The van der Waals surface area contributed by atoms with Gasteiger partial charge in [-0.3, -0.25) is 0 Å². The minimum Gasteiger partial charge on any atom is -0.409 e. The molecule has 6 heteroatoms. The van der Waals surface area contributed by atoms with Crippen LogP contribution in [0.15, 0.2) is 23.4 Å². The smallest absolute Gasteiger partial charge is 0.173 e. The number of rotatable bonds is 7. The molecule has 0 unspecified atom stereocenters. The molecule has 1 rings (SSSR count). The van der Waals surface area contributed by atoms with E-state index in [0.29, 0.717) is 17.9 Å². The predicted octanol–water partition coefficient (Wildman–Crippen LogP) is 2.19. The third-order valence-corrected chi connectivity index (χ3v) is 3.45. The van der Waals surface area contributed by atoms with Gasteiger partial charge < -0.3 is 15.7 Å². The summed E-state index contributed by atoms with van der Waals surface area (Å²) in [7, 11) is 1.66. The summed E-state index contributed by atoms with van der Waals surface area (Å²) in [6.45, 7) is 0.708. The third kappa shape index (κ3) is 4.19. The Morgan fingerprint density at radius 2 is 2.33 bits per heavy atom. The summed E-state index contributed by atoms with van der Waals surface area (Å²) < 4.78 is 18.9. The number of methoxy groups -OCH3 is 1. The average Bonchev–Trinajstić information content (AvgIpc) is 2.39. The van der Waals surface area contributed by atoms with Gasteiger partial charge in [0, 0.05) is 19.5 Å². The lowest BCUT2D eigenvalue weighted by molar-refractivity contribution is 0.200. The summed E-state index contributed by atoms with van der Waals surface area (Å²) in [4.78, 5) is 0. The zero-order chi connectivity index (χ0) is 13.4. The number of hydrogen-bond donors (Lipinski definition) is 2. The molecule has 0 saturated carbocycles. The van der Waals surface area contributed by atoms with Crippen LogP contribution < -0.4 is 5.73 Å². The van der Waals surface area contributed by atoms with Crippen LogP contribution in [0.5, 0.6) is 0 Å². The van der Waals surface area contributed by atoms with Crippen LogP contribution >= 0.6 is 11.8 Å². The van der Waals surface area contributed by atoms with E-state index in [4.69, 9.17) is 15.7 Å². The molecule has 0 atom stereocenters. The molecule has 0 aliphatic heterocycles. The zero-order valence-corrected chi connectivity index (χ0v) is 11.0. The molecular weight excluding hydrogens is 255 g/mol. The Morgan fingerprint density at radius 3 is 3.00 bits per heavy atom. The van der Waals surface area contributed by atoms with E-state index in [2.05, 4.69) is 5.16 Å². The Kier molecular flexibility index (Phi) is 6.53. The minimum absolute atomic E-state index is 0.132. The largest absolute Gasteiger partial charge is 0.409 e. The number of nitrogens with zero attached hydrogens (tertiary/aromatic N) is 1. The van der Waals surface area contributed by atoms with E-state index >= 15 is 0 Å². The Balaban J connectivity index is 2.61. The molecule has 1 aromatic rings. The second-order valence-corrected chi connectivity index (χ2v) is 4.77. The van der Waals surface area contributed by atoms with Gasteiger partial charge in [0.1, 0.15) is 5.82 Å². The van der Waals surface area contributed by atoms with E-state index in [1.54, 1.807) is 31.0 Å². The van der Waals surface area contributed by atoms with E-state index in [-0.39, 0.29) is 11.4 Å². The van der Waals surface area contributed by atoms with Crippen molar-refractivity contribution in [2.24, 2.45) is 10.9 Å². The molecule has 3 N–H and O–H groups in total. The fourth-order valence-electron chi connectivity index (χ4n) is 1.43. The van der Waals surface area contributed by atoms with Crippen molar-refractivity contribution < 1.29 is 14.3 Å². The van der Waals surface area contributed by atoms with Gasteiger partial charge >= 0.3 is 0 Å². The lowest BCUT2D eigenvalue weighted by Crippen LogP contribution is -2.15. The highest BCUT2D eigenvalue weighted by Crippen LogP contribution is 2.19. The first-order valence-electron chi connectivity index (χ1n) is 5.52. The SMILES string of the molecule is COCCCSCc1cccc(/C(N)=N/O)c1F. The van der Waals surface area contributed by atoms with Gasteiger partial charge in [-0.2, -0.15) is 11.8 Å². The number of nitrogens with two attached hydrogens (primary N) is 1. The van der Waals surface area contributed by atoms with Gasteiger partial charge in [0.15, 0.2) is 5.84 Å². The Bertz CT molecular complexity index is 413. The number of oxime groups is 1. The number of benzene rings is 1. The summed E-state index contributed by atoms with van der Waals surface area (Å²) in [5.41, 5.74) is 6.08. The van der Waals surface area contributed by atoms with Gasteiger partial charge in [0.25, 0.3) is 0 Å². The van der Waals surface area contributed by atoms with Crippen LogP contribution in [0.2, 0.25) is 0 Å². The molecule has 0 fully saturated rings. The Labute approximate surface area is 110 Å². The molecule has 0 spiro atoms. The molecule has 4 nitrogen and oxygen atoms in total. The molecule has 100 valence electrons. The molecule has 0 aliphatic rings. The predicted molar refractivity (Wildman–Crippen MR) is 71.6 cm³/mol. The van der Waals surface area contributed by atoms with Crippen LogP contribution in [0.25, 0.3) is 0 Å².